The Balaban J connectivity index is 2.28. The first-order valence-corrected chi connectivity index (χ1v) is 7.81. The highest BCUT2D eigenvalue weighted by molar-refractivity contribution is 8.18. The maximum absolute atomic E-state index is 12.3. The van der Waals surface area contributed by atoms with E-state index >= 15 is 0 Å². The molecule has 0 aliphatic carbocycles. The van der Waals surface area contributed by atoms with E-state index in [1.54, 1.807) is 38.1 Å². The number of methoxy groups -OCH3 is 1. The second-order valence-electron chi connectivity index (χ2n) is 5.05. The first-order valence-electron chi connectivity index (χ1n) is 6.99. The predicted octanol–water partition coefficient (Wildman–Crippen LogP) is 3.15. The van der Waals surface area contributed by atoms with Crippen LogP contribution in [0.15, 0.2) is 23.1 Å². The summed E-state index contributed by atoms with van der Waals surface area (Å²) in [5.41, 5.74) is 0.740. The summed E-state index contributed by atoms with van der Waals surface area (Å²) >= 11 is 0.936. The SMILES string of the molecule is C#CCOc1ccc(/C=C2\SC(=O)N(C(C)C)C2=O)cc1OC. The van der Waals surface area contributed by atoms with E-state index in [0.717, 1.165) is 17.3 Å². The number of nitrogens with zero attached hydrogens (tertiary/aromatic N) is 1. The molecule has 0 spiro atoms. The number of terminal acetylenes is 1. The Morgan fingerprint density at radius 3 is 2.65 bits per heavy atom. The van der Waals surface area contributed by atoms with Crippen molar-refractivity contribution >= 4 is 29.0 Å². The van der Waals surface area contributed by atoms with Gasteiger partial charge >= 0.3 is 0 Å². The fourth-order valence-electron chi connectivity index (χ4n) is 2.09. The van der Waals surface area contributed by atoms with Crippen LogP contribution in [0.1, 0.15) is 19.4 Å². The van der Waals surface area contributed by atoms with Crippen LogP contribution in [0.3, 0.4) is 0 Å². The molecule has 5 nitrogen and oxygen atoms in total. The standard InChI is InChI=1S/C17H17NO4S/c1-5-8-22-13-7-6-12(9-14(13)21-4)10-15-16(19)18(11(2)3)17(20)23-15/h1,6-7,9-11H,8H2,2-4H3/b15-10-. The lowest BCUT2D eigenvalue weighted by atomic mass is 10.2. The number of carbonyl (C=O) groups is 2. The molecule has 2 rings (SSSR count). The van der Waals surface area contributed by atoms with Gasteiger partial charge in [0.2, 0.25) is 0 Å². The van der Waals surface area contributed by atoms with E-state index in [0.29, 0.717) is 16.4 Å². The van der Waals surface area contributed by atoms with Crippen LogP contribution in [-0.4, -0.2) is 35.8 Å². The van der Waals surface area contributed by atoms with Gasteiger partial charge in [-0.25, -0.2) is 0 Å². The van der Waals surface area contributed by atoms with Crippen molar-refractivity contribution in [1.29, 1.82) is 0 Å². The van der Waals surface area contributed by atoms with Crippen molar-refractivity contribution in [2.75, 3.05) is 13.7 Å². The van der Waals surface area contributed by atoms with Gasteiger partial charge in [-0.15, -0.1) is 6.42 Å². The van der Waals surface area contributed by atoms with E-state index < -0.39 is 0 Å². The monoisotopic (exact) mass is 331 g/mol. The number of imide groups is 1. The molecular formula is C17H17NO4S. The van der Waals surface area contributed by atoms with Crippen LogP contribution in [0.2, 0.25) is 0 Å². The number of hydrogen-bond donors (Lipinski definition) is 0. The van der Waals surface area contributed by atoms with E-state index in [1.807, 2.05) is 0 Å². The van der Waals surface area contributed by atoms with E-state index in [4.69, 9.17) is 15.9 Å². The molecule has 0 atom stereocenters. The van der Waals surface area contributed by atoms with Gasteiger partial charge in [0.05, 0.1) is 12.0 Å². The maximum atomic E-state index is 12.3. The summed E-state index contributed by atoms with van der Waals surface area (Å²) in [7, 11) is 1.52. The van der Waals surface area contributed by atoms with Crippen molar-refractivity contribution in [3.05, 3.63) is 28.7 Å². The number of rotatable bonds is 5. The average molecular weight is 331 g/mol. The van der Waals surface area contributed by atoms with Crippen LogP contribution in [0.25, 0.3) is 6.08 Å². The zero-order valence-electron chi connectivity index (χ0n) is 13.2. The molecule has 2 amide bonds. The Labute approximate surface area is 139 Å². The molecule has 1 saturated heterocycles. The summed E-state index contributed by atoms with van der Waals surface area (Å²) in [6.45, 7) is 3.75. The summed E-state index contributed by atoms with van der Waals surface area (Å²) in [6, 6.07) is 5.06. The zero-order valence-corrected chi connectivity index (χ0v) is 14.0. The lowest BCUT2D eigenvalue weighted by Gasteiger charge is -2.16. The van der Waals surface area contributed by atoms with Gasteiger partial charge in [0, 0.05) is 6.04 Å². The van der Waals surface area contributed by atoms with Crippen molar-refractivity contribution in [2.45, 2.75) is 19.9 Å². The maximum Gasteiger partial charge on any atom is 0.293 e. The summed E-state index contributed by atoms with van der Waals surface area (Å²) in [4.78, 5) is 25.8. The third-order valence-corrected chi connectivity index (χ3v) is 4.02. The van der Waals surface area contributed by atoms with E-state index in [9.17, 15) is 9.59 Å². The normalized spacial score (nSPS) is 16.1. The Kier molecular flexibility index (Phi) is 5.35. The minimum atomic E-state index is -0.276. The molecule has 6 heteroatoms. The molecule has 1 aromatic carbocycles. The fraction of sp³-hybridized carbons (Fsp3) is 0.294. The fourth-order valence-corrected chi connectivity index (χ4v) is 3.05. The molecule has 1 aliphatic rings. The molecule has 120 valence electrons. The Bertz CT molecular complexity index is 703. The topological polar surface area (TPSA) is 55.8 Å². The third kappa shape index (κ3) is 3.69. The molecule has 0 saturated carbocycles. The van der Waals surface area contributed by atoms with Gasteiger partial charge in [-0.2, -0.15) is 0 Å². The second kappa shape index (κ2) is 7.25. The minimum Gasteiger partial charge on any atom is -0.493 e. The number of thioether (sulfide) groups is 1. The lowest BCUT2D eigenvalue weighted by Crippen LogP contribution is -2.34. The van der Waals surface area contributed by atoms with Crippen molar-refractivity contribution in [3.8, 4) is 23.8 Å². The van der Waals surface area contributed by atoms with Crippen molar-refractivity contribution in [1.82, 2.24) is 4.90 Å². The lowest BCUT2D eigenvalue weighted by molar-refractivity contribution is -0.123. The van der Waals surface area contributed by atoms with E-state index in [1.165, 1.54) is 12.0 Å². The predicted molar refractivity (Wildman–Crippen MR) is 90.3 cm³/mol. The van der Waals surface area contributed by atoms with Gasteiger partial charge in [0.1, 0.15) is 6.61 Å². The van der Waals surface area contributed by atoms with E-state index in [2.05, 4.69) is 5.92 Å². The number of ether oxygens (including phenoxy) is 2. The molecule has 23 heavy (non-hydrogen) atoms. The highest BCUT2D eigenvalue weighted by atomic mass is 32.2. The smallest absolute Gasteiger partial charge is 0.293 e. The van der Waals surface area contributed by atoms with Crippen LogP contribution >= 0.6 is 11.8 Å². The summed E-state index contributed by atoms with van der Waals surface area (Å²) in [5, 5.41) is -0.253. The number of amides is 2. The van der Waals surface area contributed by atoms with Crippen LogP contribution in [0.4, 0.5) is 4.79 Å². The third-order valence-electron chi connectivity index (χ3n) is 3.14. The molecule has 1 aromatic rings. The summed E-state index contributed by atoms with van der Waals surface area (Å²) in [6.07, 6.45) is 6.84. The van der Waals surface area contributed by atoms with Gasteiger partial charge in [-0.05, 0) is 49.4 Å². The number of hydrogen-bond acceptors (Lipinski definition) is 5. The second-order valence-corrected chi connectivity index (χ2v) is 6.04. The minimum absolute atomic E-state index is 0.142. The molecule has 0 aromatic heterocycles. The molecule has 1 fully saturated rings. The summed E-state index contributed by atoms with van der Waals surface area (Å²) in [5.74, 6) is 3.15. The van der Waals surface area contributed by atoms with Gasteiger partial charge < -0.3 is 9.47 Å². The quantitative estimate of drug-likeness (QED) is 0.613. The molecular weight excluding hydrogens is 314 g/mol. The first kappa shape index (κ1) is 17.0. The van der Waals surface area contributed by atoms with E-state index in [-0.39, 0.29) is 23.8 Å². The van der Waals surface area contributed by atoms with Crippen LogP contribution in [0.5, 0.6) is 11.5 Å². The Hall–Kier alpha value is -2.39. The molecule has 0 bridgehead atoms. The van der Waals surface area contributed by atoms with Crippen LogP contribution in [0, 0.1) is 12.3 Å². The molecule has 1 aliphatic heterocycles. The van der Waals surface area contributed by atoms with Crippen LogP contribution in [-0.2, 0) is 4.79 Å². The van der Waals surface area contributed by atoms with Gasteiger partial charge in [-0.1, -0.05) is 12.0 Å². The number of carbonyl (C=O) groups excluding carboxylic acids is 2. The van der Waals surface area contributed by atoms with Gasteiger partial charge in [0.25, 0.3) is 11.1 Å². The average Bonchev–Trinajstić information content (AvgIpc) is 2.79. The summed E-state index contributed by atoms with van der Waals surface area (Å²) < 4.78 is 10.6. The van der Waals surface area contributed by atoms with Crippen molar-refractivity contribution in [2.24, 2.45) is 0 Å². The van der Waals surface area contributed by atoms with Crippen molar-refractivity contribution in [3.63, 3.8) is 0 Å². The molecule has 1 heterocycles. The largest absolute Gasteiger partial charge is 0.493 e. The Morgan fingerprint density at radius 1 is 1.35 bits per heavy atom. The van der Waals surface area contributed by atoms with Gasteiger partial charge in [-0.3, -0.25) is 14.5 Å². The zero-order chi connectivity index (χ0) is 17.0. The number of benzene rings is 1. The molecule has 0 radical (unpaired) electrons. The molecule has 0 N–H and O–H groups in total. The highest BCUT2D eigenvalue weighted by Gasteiger charge is 2.36. The molecule has 0 unspecified atom stereocenters. The van der Waals surface area contributed by atoms with Gasteiger partial charge in [0.15, 0.2) is 11.5 Å². The Morgan fingerprint density at radius 2 is 2.09 bits per heavy atom. The highest BCUT2D eigenvalue weighted by Crippen LogP contribution is 2.35. The first-order chi connectivity index (χ1) is 11.0. The van der Waals surface area contributed by atoms with Crippen LogP contribution < -0.4 is 9.47 Å². The van der Waals surface area contributed by atoms with Crippen molar-refractivity contribution < 1.29 is 19.1 Å².